The van der Waals surface area contributed by atoms with E-state index in [0.717, 1.165) is 0 Å². The second kappa shape index (κ2) is 10.8. The molecule has 0 aliphatic carbocycles. The summed E-state index contributed by atoms with van der Waals surface area (Å²) in [5.74, 6) is -0.484. The second-order valence-electron chi connectivity index (χ2n) is 8.37. The summed E-state index contributed by atoms with van der Waals surface area (Å²) in [6.45, 7) is 1.85. The third kappa shape index (κ3) is 4.80. The number of carbonyl (C=O) groups excluding carboxylic acids is 1. The van der Waals surface area contributed by atoms with E-state index in [2.05, 4.69) is 0 Å². The molecule has 4 aromatic rings. The average Bonchev–Trinajstić information content (AvgIpc) is 3.23. The Morgan fingerprint density at radius 1 is 1.13 bits per heavy atom. The Morgan fingerprint density at radius 3 is 2.55 bits per heavy atom. The Labute approximate surface area is 226 Å². The molecule has 0 radical (unpaired) electrons. The van der Waals surface area contributed by atoms with Crippen molar-refractivity contribution in [3.63, 3.8) is 0 Å². The van der Waals surface area contributed by atoms with Gasteiger partial charge in [0.05, 0.1) is 35.6 Å². The highest BCUT2D eigenvalue weighted by Gasteiger charge is 2.35. The third-order valence-corrected chi connectivity index (χ3v) is 7.26. The van der Waals surface area contributed by atoms with Crippen LogP contribution >= 0.6 is 22.9 Å². The number of esters is 1. The van der Waals surface area contributed by atoms with Crippen molar-refractivity contribution in [3.8, 4) is 5.75 Å². The Bertz CT molecular complexity index is 1730. The molecule has 1 unspecified atom stereocenters. The van der Waals surface area contributed by atoms with Gasteiger partial charge in [-0.25, -0.2) is 14.2 Å². The molecule has 0 saturated carbocycles. The molecule has 1 atom stereocenters. The SMILES string of the molecule is CCOC(=O)C1=C(c2ccccc2)N=c2s/c(=C\c3cc(Cl)ccc3OC)c(=O)n2C1c1ccc(F)cc1. The molecular formula is C29H22ClFN2O4S. The van der Waals surface area contributed by atoms with Gasteiger partial charge in [0, 0.05) is 16.1 Å². The van der Waals surface area contributed by atoms with Gasteiger partial charge in [-0.05, 0) is 48.9 Å². The summed E-state index contributed by atoms with van der Waals surface area (Å²) >= 11 is 7.38. The molecule has 1 aromatic heterocycles. The Morgan fingerprint density at radius 2 is 1.87 bits per heavy atom. The number of benzene rings is 3. The zero-order valence-corrected chi connectivity index (χ0v) is 22.1. The van der Waals surface area contributed by atoms with Crippen LogP contribution in [0.1, 0.15) is 29.7 Å². The van der Waals surface area contributed by atoms with Crippen molar-refractivity contribution < 1.29 is 18.7 Å². The number of aromatic nitrogens is 1. The standard InChI is InChI=1S/C29H22ClFN2O4S/c1-3-37-28(35)24-25(17-7-5-4-6-8-17)32-29-33(26(24)18-9-12-21(31)13-10-18)27(34)23(38-29)16-19-15-20(30)11-14-22(19)36-2/h4-16,26H,3H2,1-2H3/b23-16-. The summed E-state index contributed by atoms with van der Waals surface area (Å²) in [5.41, 5.74) is 2.09. The summed E-state index contributed by atoms with van der Waals surface area (Å²) in [5, 5.41) is 0.491. The lowest BCUT2D eigenvalue weighted by atomic mass is 9.93. The van der Waals surface area contributed by atoms with E-state index in [1.807, 2.05) is 30.3 Å². The molecule has 0 bridgehead atoms. The lowest BCUT2D eigenvalue weighted by Crippen LogP contribution is -2.40. The maximum Gasteiger partial charge on any atom is 0.338 e. The molecule has 0 spiro atoms. The average molecular weight is 549 g/mol. The number of hydrogen-bond donors (Lipinski definition) is 0. The van der Waals surface area contributed by atoms with Crippen LogP contribution in [-0.4, -0.2) is 24.3 Å². The fraction of sp³-hybridized carbons (Fsp3) is 0.138. The largest absolute Gasteiger partial charge is 0.496 e. The molecule has 192 valence electrons. The van der Waals surface area contributed by atoms with E-state index in [0.29, 0.717) is 42.5 Å². The lowest BCUT2D eigenvalue weighted by molar-refractivity contribution is -0.138. The van der Waals surface area contributed by atoms with Crippen LogP contribution in [0.5, 0.6) is 5.75 Å². The van der Waals surface area contributed by atoms with Crippen molar-refractivity contribution in [2.45, 2.75) is 13.0 Å². The van der Waals surface area contributed by atoms with Crippen LogP contribution in [-0.2, 0) is 9.53 Å². The van der Waals surface area contributed by atoms with Crippen molar-refractivity contribution in [2.24, 2.45) is 4.99 Å². The molecule has 3 aromatic carbocycles. The first-order valence-electron chi connectivity index (χ1n) is 11.8. The first-order chi connectivity index (χ1) is 18.4. The summed E-state index contributed by atoms with van der Waals surface area (Å²) in [6, 6.07) is 19.2. The summed E-state index contributed by atoms with van der Waals surface area (Å²) in [4.78, 5) is 32.5. The molecule has 9 heteroatoms. The van der Waals surface area contributed by atoms with E-state index in [1.54, 1.807) is 43.3 Å². The van der Waals surface area contributed by atoms with Crippen molar-refractivity contribution in [3.05, 3.63) is 126 Å². The number of rotatable bonds is 6. The molecule has 1 aliphatic rings. The first kappa shape index (κ1) is 25.6. The minimum Gasteiger partial charge on any atom is -0.496 e. The molecular weight excluding hydrogens is 527 g/mol. The minimum absolute atomic E-state index is 0.138. The Kier molecular flexibility index (Phi) is 7.26. The van der Waals surface area contributed by atoms with Gasteiger partial charge in [-0.15, -0.1) is 0 Å². The first-order valence-corrected chi connectivity index (χ1v) is 13.0. The van der Waals surface area contributed by atoms with Gasteiger partial charge in [0.2, 0.25) is 0 Å². The Balaban J connectivity index is 1.84. The topological polar surface area (TPSA) is 69.9 Å². The van der Waals surface area contributed by atoms with E-state index in [-0.39, 0.29) is 17.7 Å². The van der Waals surface area contributed by atoms with Gasteiger partial charge >= 0.3 is 5.97 Å². The predicted octanol–water partition coefficient (Wildman–Crippen LogP) is 4.74. The number of methoxy groups -OCH3 is 1. The van der Waals surface area contributed by atoms with Crippen molar-refractivity contribution in [1.82, 2.24) is 4.57 Å². The molecule has 1 aliphatic heterocycles. The summed E-state index contributed by atoms with van der Waals surface area (Å²) < 4.78 is 26.6. The quantitative estimate of drug-likeness (QED) is 0.326. The number of fused-ring (bicyclic) bond motifs is 1. The number of carbonyl (C=O) groups is 1. The maximum atomic E-state index is 13.9. The minimum atomic E-state index is -0.885. The summed E-state index contributed by atoms with van der Waals surface area (Å²) in [6.07, 6.45) is 1.69. The van der Waals surface area contributed by atoms with Gasteiger partial charge < -0.3 is 9.47 Å². The molecule has 38 heavy (non-hydrogen) atoms. The maximum absolute atomic E-state index is 13.9. The van der Waals surface area contributed by atoms with E-state index >= 15 is 0 Å². The van der Waals surface area contributed by atoms with E-state index in [9.17, 15) is 14.0 Å². The van der Waals surface area contributed by atoms with Gasteiger partial charge in [-0.1, -0.05) is 65.4 Å². The predicted molar refractivity (Wildman–Crippen MR) is 145 cm³/mol. The highest BCUT2D eigenvalue weighted by molar-refractivity contribution is 7.07. The molecule has 0 amide bonds. The van der Waals surface area contributed by atoms with Crippen LogP contribution in [0.2, 0.25) is 5.02 Å². The molecule has 2 heterocycles. The highest BCUT2D eigenvalue weighted by Crippen LogP contribution is 2.35. The van der Waals surface area contributed by atoms with Gasteiger partial charge in [0.25, 0.3) is 5.56 Å². The van der Waals surface area contributed by atoms with Crippen LogP contribution in [0.15, 0.2) is 88.2 Å². The zero-order valence-electron chi connectivity index (χ0n) is 20.5. The van der Waals surface area contributed by atoms with Crippen LogP contribution < -0.4 is 19.6 Å². The monoisotopic (exact) mass is 548 g/mol. The van der Waals surface area contributed by atoms with Crippen molar-refractivity contribution in [2.75, 3.05) is 13.7 Å². The fourth-order valence-corrected chi connectivity index (χ4v) is 5.53. The Hall–Kier alpha value is -4.01. The van der Waals surface area contributed by atoms with Gasteiger partial charge in [0.15, 0.2) is 4.80 Å². The van der Waals surface area contributed by atoms with E-state index < -0.39 is 17.8 Å². The number of ether oxygens (including phenoxy) is 2. The van der Waals surface area contributed by atoms with Gasteiger partial charge in [0.1, 0.15) is 11.6 Å². The normalized spacial score (nSPS) is 15.2. The number of nitrogens with zero attached hydrogens (tertiary/aromatic N) is 2. The van der Waals surface area contributed by atoms with E-state index in [1.165, 1.54) is 35.1 Å². The van der Waals surface area contributed by atoms with E-state index in [4.69, 9.17) is 26.1 Å². The smallest absolute Gasteiger partial charge is 0.338 e. The zero-order chi connectivity index (χ0) is 26.8. The van der Waals surface area contributed by atoms with Gasteiger partial charge in [-0.3, -0.25) is 9.36 Å². The number of halogens is 2. The highest BCUT2D eigenvalue weighted by atomic mass is 35.5. The lowest BCUT2D eigenvalue weighted by Gasteiger charge is -2.25. The van der Waals surface area contributed by atoms with Crippen LogP contribution in [0.4, 0.5) is 4.39 Å². The van der Waals surface area contributed by atoms with Crippen molar-refractivity contribution in [1.29, 1.82) is 0 Å². The molecule has 6 nitrogen and oxygen atoms in total. The molecule has 0 saturated heterocycles. The number of thiazole rings is 1. The summed E-state index contributed by atoms with van der Waals surface area (Å²) in [7, 11) is 1.54. The molecule has 5 rings (SSSR count). The molecule has 0 fully saturated rings. The van der Waals surface area contributed by atoms with Crippen molar-refractivity contribution >= 4 is 40.7 Å². The number of hydrogen-bond acceptors (Lipinski definition) is 6. The third-order valence-electron chi connectivity index (χ3n) is 6.04. The fourth-order valence-electron chi connectivity index (χ4n) is 4.36. The van der Waals surface area contributed by atoms with Gasteiger partial charge in [-0.2, -0.15) is 0 Å². The van der Waals surface area contributed by atoms with Crippen LogP contribution in [0.25, 0.3) is 11.8 Å². The molecule has 0 N–H and O–H groups in total. The van der Waals surface area contributed by atoms with Crippen LogP contribution in [0, 0.1) is 5.82 Å². The van der Waals surface area contributed by atoms with Crippen LogP contribution in [0.3, 0.4) is 0 Å². The second-order valence-corrected chi connectivity index (χ2v) is 9.81.